The Morgan fingerprint density at radius 1 is 0.833 bits per heavy atom. The predicted octanol–water partition coefficient (Wildman–Crippen LogP) is 4.64. The third-order valence-electron chi connectivity index (χ3n) is 3.04. The summed E-state index contributed by atoms with van der Waals surface area (Å²) >= 11 is 0. The molecule has 0 amide bonds. The predicted molar refractivity (Wildman–Crippen MR) is 57.4 cm³/mol. The highest BCUT2D eigenvalue weighted by Crippen LogP contribution is 2.21. The van der Waals surface area contributed by atoms with Gasteiger partial charge < -0.3 is 0 Å². The van der Waals surface area contributed by atoms with Crippen molar-refractivity contribution in [2.75, 3.05) is 0 Å². The molecule has 0 bridgehead atoms. The molecule has 0 heteroatoms. The van der Waals surface area contributed by atoms with Crippen LogP contribution in [-0.4, -0.2) is 0 Å². The summed E-state index contributed by atoms with van der Waals surface area (Å²) in [6, 6.07) is 0. The molecule has 0 nitrogen and oxygen atoms in total. The van der Waals surface area contributed by atoms with Gasteiger partial charge in [-0.25, -0.2) is 0 Å². The van der Waals surface area contributed by atoms with Crippen LogP contribution in [0.5, 0.6) is 0 Å². The molecule has 0 radical (unpaired) electrons. The van der Waals surface area contributed by atoms with Crippen LogP contribution in [-0.2, 0) is 0 Å². The van der Waals surface area contributed by atoms with Crippen LogP contribution in [0.15, 0.2) is 0 Å². The number of rotatable bonds is 7. The largest absolute Gasteiger partial charge is 0.0654 e. The second kappa shape index (κ2) is 7.64. The van der Waals surface area contributed by atoms with E-state index in [0.717, 1.165) is 11.8 Å². The Morgan fingerprint density at radius 3 is 1.92 bits per heavy atom. The summed E-state index contributed by atoms with van der Waals surface area (Å²) in [6.07, 6.45) is 8.42. The van der Waals surface area contributed by atoms with Crippen molar-refractivity contribution < 1.29 is 0 Å². The molecule has 12 heavy (non-hydrogen) atoms. The van der Waals surface area contributed by atoms with Crippen molar-refractivity contribution in [2.45, 2.75) is 66.2 Å². The summed E-state index contributed by atoms with van der Waals surface area (Å²) in [5, 5.41) is 0. The summed E-state index contributed by atoms with van der Waals surface area (Å²) in [7, 11) is 0. The fourth-order valence-electron chi connectivity index (χ4n) is 1.69. The van der Waals surface area contributed by atoms with E-state index in [2.05, 4.69) is 27.7 Å². The minimum Gasteiger partial charge on any atom is -0.0654 e. The Kier molecular flexibility index (Phi) is 7.64. The van der Waals surface area contributed by atoms with Crippen LogP contribution in [0, 0.1) is 11.8 Å². The zero-order chi connectivity index (χ0) is 9.40. The van der Waals surface area contributed by atoms with Crippen LogP contribution < -0.4 is 0 Å². The van der Waals surface area contributed by atoms with E-state index in [1.165, 1.54) is 38.5 Å². The average Bonchev–Trinajstić information content (AvgIpc) is 2.11. The zero-order valence-electron chi connectivity index (χ0n) is 9.40. The maximum absolute atomic E-state index is 2.37. The molecule has 0 aliphatic rings. The van der Waals surface area contributed by atoms with Gasteiger partial charge in [0, 0.05) is 0 Å². The lowest BCUT2D eigenvalue weighted by molar-refractivity contribution is 0.373. The molecule has 0 saturated carbocycles. The zero-order valence-corrected chi connectivity index (χ0v) is 9.40. The van der Waals surface area contributed by atoms with E-state index in [4.69, 9.17) is 0 Å². The maximum Gasteiger partial charge on any atom is -0.0417 e. The standard InChI is InChI=1S/C12H26/c1-5-8-12(7-3)10-9-11(4)6-2/h11-12H,5-10H2,1-4H3. The molecule has 74 valence electrons. The molecule has 0 spiro atoms. The molecule has 0 aliphatic carbocycles. The lowest BCUT2D eigenvalue weighted by atomic mass is 9.91. The van der Waals surface area contributed by atoms with Crippen molar-refractivity contribution in [3.8, 4) is 0 Å². The van der Waals surface area contributed by atoms with Gasteiger partial charge in [-0.05, 0) is 11.8 Å². The van der Waals surface area contributed by atoms with Gasteiger partial charge in [0.05, 0.1) is 0 Å². The Bertz CT molecular complexity index is 86.0. The normalized spacial score (nSPS) is 16.0. The fourth-order valence-corrected chi connectivity index (χ4v) is 1.69. The molecule has 0 N–H and O–H groups in total. The number of hydrogen-bond acceptors (Lipinski definition) is 0. The van der Waals surface area contributed by atoms with Crippen molar-refractivity contribution in [2.24, 2.45) is 11.8 Å². The van der Waals surface area contributed by atoms with E-state index in [1.54, 1.807) is 0 Å². The summed E-state index contributed by atoms with van der Waals surface area (Å²) in [4.78, 5) is 0. The molecule has 0 aromatic rings. The van der Waals surface area contributed by atoms with Crippen LogP contribution >= 0.6 is 0 Å². The monoisotopic (exact) mass is 170 g/mol. The highest BCUT2D eigenvalue weighted by atomic mass is 14.1. The van der Waals surface area contributed by atoms with Gasteiger partial charge in [0.1, 0.15) is 0 Å². The smallest absolute Gasteiger partial charge is 0.0417 e. The minimum atomic E-state index is 0.941. The van der Waals surface area contributed by atoms with Crippen molar-refractivity contribution in [1.29, 1.82) is 0 Å². The van der Waals surface area contributed by atoms with E-state index in [1.807, 2.05) is 0 Å². The first-order chi connectivity index (χ1) is 5.74. The van der Waals surface area contributed by atoms with E-state index >= 15 is 0 Å². The second-order valence-electron chi connectivity index (χ2n) is 4.15. The number of hydrogen-bond donors (Lipinski definition) is 0. The van der Waals surface area contributed by atoms with Gasteiger partial charge in [-0.3, -0.25) is 0 Å². The molecule has 0 aliphatic heterocycles. The van der Waals surface area contributed by atoms with Gasteiger partial charge in [-0.2, -0.15) is 0 Å². The highest BCUT2D eigenvalue weighted by molar-refractivity contribution is 4.59. The molecule has 0 rings (SSSR count). The van der Waals surface area contributed by atoms with E-state index in [-0.39, 0.29) is 0 Å². The fraction of sp³-hybridized carbons (Fsp3) is 1.00. The van der Waals surface area contributed by atoms with Gasteiger partial charge in [0.25, 0.3) is 0 Å². The van der Waals surface area contributed by atoms with E-state index in [0.29, 0.717) is 0 Å². The molecular formula is C12H26. The van der Waals surface area contributed by atoms with Gasteiger partial charge >= 0.3 is 0 Å². The Balaban J connectivity index is 3.43. The first-order valence-corrected chi connectivity index (χ1v) is 5.74. The van der Waals surface area contributed by atoms with Crippen molar-refractivity contribution >= 4 is 0 Å². The summed E-state index contributed by atoms with van der Waals surface area (Å²) in [5.41, 5.74) is 0. The molecule has 0 aromatic heterocycles. The van der Waals surface area contributed by atoms with Crippen molar-refractivity contribution in [3.05, 3.63) is 0 Å². The lowest BCUT2D eigenvalue weighted by Gasteiger charge is -2.15. The molecule has 0 aromatic carbocycles. The van der Waals surface area contributed by atoms with Gasteiger partial charge in [0.2, 0.25) is 0 Å². The van der Waals surface area contributed by atoms with Gasteiger partial charge in [0.15, 0.2) is 0 Å². The Hall–Kier alpha value is 0. The van der Waals surface area contributed by atoms with Crippen LogP contribution in [0.3, 0.4) is 0 Å². The first kappa shape index (κ1) is 12.0. The third-order valence-corrected chi connectivity index (χ3v) is 3.04. The molecule has 2 unspecified atom stereocenters. The van der Waals surface area contributed by atoms with Crippen LogP contribution in [0.4, 0.5) is 0 Å². The van der Waals surface area contributed by atoms with Gasteiger partial charge in [-0.15, -0.1) is 0 Å². The quantitative estimate of drug-likeness (QED) is 0.522. The first-order valence-electron chi connectivity index (χ1n) is 5.74. The minimum absolute atomic E-state index is 0.941. The Labute approximate surface area is 78.8 Å². The Morgan fingerprint density at radius 2 is 1.50 bits per heavy atom. The van der Waals surface area contributed by atoms with Gasteiger partial charge in [-0.1, -0.05) is 66.2 Å². The lowest BCUT2D eigenvalue weighted by Crippen LogP contribution is -2.01. The van der Waals surface area contributed by atoms with Crippen molar-refractivity contribution in [3.63, 3.8) is 0 Å². The third kappa shape index (κ3) is 5.62. The van der Waals surface area contributed by atoms with Crippen LogP contribution in [0.2, 0.25) is 0 Å². The molecule has 0 heterocycles. The molecule has 0 saturated heterocycles. The van der Waals surface area contributed by atoms with Crippen LogP contribution in [0.25, 0.3) is 0 Å². The van der Waals surface area contributed by atoms with Crippen LogP contribution in [0.1, 0.15) is 66.2 Å². The summed E-state index contributed by atoms with van der Waals surface area (Å²) < 4.78 is 0. The van der Waals surface area contributed by atoms with Crippen molar-refractivity contribution in [1.82, 2.24) is 0 Å². The second-order valence-corrected chi connectivity index (χ2v) is 4.15. The van der Waals surface area contributed by atoms with E-state index in [9.17, 15) is 0 Å². The molecular weight excluding hydrogens is 144 g/mol. The average molecular weight is 170 g/mol. The summed E-state index contributed by atoms with van der Waals surface area (Å²) in [5.74, 6) is 1.94. The summed E-state index contributed by atoms with van der Waals surface area (Å²) in [6.45, 7) is 9.30. The highest BCUT2D eigenvalue weighted by Gasteiger charge is 2.06. The molecule has 2 atom stereocenters. The molecule has 0 fully saturated rings. The topological polar surface area (TPSA) is 0 Å². The van der Waals surface area contributed by atoms with E-state index < -0.39 is 0 Å². The SMILES string of the molecule is CCCC(CC)CCC(C)CC. The maximum atomic E-state index is 2.37.